The maximum Gasteiger partial charge on any atom is 0.0949 e. The van der Waals surface area contributed by atoms with Crippen LogP contribution in [0.5, 0.6) is 0 Å². The van der Waals surface area contributed by atoms with Gasteiger partial charge in [-0.05, 0) is 36.8 Å². The molecular formula is C16H23NO2. The predicted octanol–water partition coefficient (Wildman–Crippen LogP) is 2.46. The van der Waals surface area contributed by atoms with E-state index in [4.69, 9.17) is 9.47 Å². The Kier molecular flexibility index (Phi) is 3.87. The summed E-state index contributed by atoms with van der Waals surface area (Å²) in [5, 5.41) is 3.37. The van der Waals surface area contributed by atoms with E-state index in [2.05, 4.69) is 29.6 Å². The molecule has 1 aromatic carbocycles. The van der Waals surface area contributed by atoms with Crippen LogP contribution in [-0.4, -0.2) is 32.4 Å². The molecule has 104 valence electrons. The molecule has 0 bridgehead atoms. The van der Waals surface area contributed by atoms with Gasteiger partial charge in [0.1, 0.15) is 0 Å². The minimum atomic E-state index is 0.203. The van der Waals surface area contributed by atoms with E-state index >= 15 is 0 Å². The smallest absolute Gasteiger partial charge is 0.0949 e. The quantitative estimate of drug-likeness (QED) is 0.883. The third-order valence-electron chi connectivity index (χ3n) is 4.39. The van der Waals surface area contributed by atoms with Crippen LogP contribution in [0.2, 0.25) is 0 Å². The molecule has 3 heteroatoms. The highest BCUT2D eigenvalue weighted by Gasteiger charge is 2.42. The van der Waals surface area contributed by atoms with Crippen molar-refractivity contribution < 1.29 is 9.47 Å². The molecule has 0 radical (unpaired) electrons. The van der Waals surface area contributed by atoms with Crippen LogP contribution in [0.1, 0.15) is 36.5 Å². The molecule has 19 heavy (non-hydrogen) atoms. The number of hydrogen-bond acceptors (Lipinski definition) is 3. The molecule has 3 nitrogen and oxygen atoms in total. The van der Waals surface area contributed by atoms with Gasteiger partial charge in [0.05, 0.1) is 18.3 Å². The molecule has 1 aliphatic carbocycles. The van der Waals surface area contributed by atoms with Gasteiger partial charge < -0.3 is 14.8 Å². The molecule has 0 spiro atoms. The molecule has 0 aromatic heterocycles. The van der Waals surface area contributed by atoms with Crippen molar-refractivity contribution in [2.24, 2.45) is 0 Å². The lowest BCUT2D eigenvalue weighted by Gasteiger charge is -2.24. The number of ether oxygens (including phenoxy) is 2. The van der Waals surface area contributed by atoms with Crippen molar-refractivity contribution in [3.63, 3.8) is 0 Å². The van der Waals surface area contributed by atoms with Gasteiger partial charge in [-0.25, -0.2) is 0 Å². The molecule has 1 aliphatic heterocycles. The van der Waals surface area contributed by atoms with Gasteiger partial charge in [0.15, 0.2) is 0 Å². The van der Waals surface area contributed by atoms with Crippen LogP contribution in [0.15, 0.2) is 24.3 Å². The summed E-state index contributed by atoms with van der Waals surface area (Å²) in [4.78, 5) is 0. The Labute approximate surface area is 115 Å². The molecule has 1 saturated heterocycles. The van der Waals surface area contributed by atoms with Gasteiger partial charge in [-0.2, -0.15) is 0 Å². The molecule has 1 atom stereocenters. The van der Waals surface area contributed by atoms with Gasteiger partial charge in [-0.3, -0.25) is 0 Å². The van der Waals surface area contributed by atoms with Crippen LogP contribution in [0.25, 0.3) is 0 Å². The van der Waals surface area contributed by atoms with Crippen LogP contribution in [0, 0.1) is 0 Å². The van der Waals surface area contributed by atoms with Gasteiger partial charge in [0.2, 0.25) is 0 Å². The minimum Gasteiger partial charge on any atom is -0.378 e. The van der Waals surface area contributed by atoms with Gasteiger partial charge in [-0.15, -0.1) is 0 Å². The molecule has 1 heterocycles. The Morgan fingerprint density at radius 1 is 1.32 bits per heavy atom. The fourth-order valence-electron chi connectivity index (χ4n) is 2.75. The first-order chi connectivity index (χ1) is 9.31. The van der Waals surface area contributed by atoms with Crippen LogP contribution >= 0.6 is 0 Å². The first kappa shape index (κ1) is 13.1. The first-order valence-electron chi connectivity index (χ1n) is 7.28. The number of aryl methyl sites for hydroxylation is 1. The molecular weight excluding hydrogens is 238 g/mol. The topological polar surface area (TPSA) is 30.5 Å². The zero-order valence-corrected chi connectivity index (χ0v) is 11.7. The van der Waals surface area contributed by atoms with Crippen molar-refractivity contribution in [3.05, 3.63) is 35.4 Å². The average Bonchev–Trinajstić information content (AvgIpc) is 3.27. The van der Waals surface area contributed by atoms with Crippen LogP contribution in [0.4, 0.5) is 0 Å². The van der Waals surface area contributed by atoms with E-state index in [9.17, 15) is 0 Å². The number of rotatable bonds is 5. The molecule has 0 amide bonds. The van der Waals surface area contributed by atoms with Gasteiger partial charge in [-0.1, -0.05) is 24.3 Å². The maximum atomic E-state index is 5.76. The van der Waals surface area contributed by atoms with E-state index in [1.54, 1.807) is 0 Å². The SMILES string of the molecule is COC1(CCc2ccc(C3CNCCO3)cc2)CC1. The number of hydrogen-bond donors (Lipinski definition) is 1. The monoisotopic (exact) mass is 261 g/mol. The number of morpholine rings is 1. The van der Waals surface area contributed by atoms with E-state index in [1.165, 1.54) is 24.0 Å². The van der Waals surface area contributed by atoms with E-state index in [1.807, 2.05) is 7.11 Å². The zero-order chi connectivity index (χ0) is 13.1. The molecule has 1 aromatic rings. The number of nitrogens with one attached hydrogen (secondary N) is 1. The maximum absolute atomic E-state index is 5.76. The summed E-state index contributed by atoms with van der Waals surface area (Å²) < 4.78 is 11.3. The number of benzene rings is 1. The third-order valence-corrected chi connectivity index (χ3v) is 4.39. The second-order valence-corrected chi connectivity index (χ2v) is 5.69. The second kappa shape index (κ2) is 5.61. The Hall–Kier alpha value is -0.900. The van der Waals surface area contributed by atoms with Crippen molar-refractivity contribution >= 4 is 0 Å². The fourth-order valence-corrected chi connectivity index (χ4v) is 2.75. The zero-order valence-electron chi connectivity index (χ0n) is 11.7. The Bertz CT molecular complexity index is 405. The lowest BCUT2D eigenvalue weighted by Crippen LogP contribution is -2.33. The van der Waals surface area contributed by atoms with Crippen molar-refractivity contribution in [1.29, 1.82) is 0 Å². The third kappa shape index (κ3) is 3.16. The molecule has 2 aliphatic rings. The molecule has 1 N–H and O–H groups in total. The highest BCUT2D eigenvalue weighted by molar-refractivity contribution is 5.25. The lowest BCUT2D eigenvalue weighted by atomic mass is 10.0. The van der Waals surface area contributed by atoms with Crippen molar-refractivity contribution in [1.82, 2.24) is 5.32 Å². The van der Waals surface area contributed by atoms with E-state index in [0.717, 1.165) is 32.5 Å². The Balaban J connectivity index is 1.56. The van der Waals surface area contributed by atoms with Gasteiger partial charge in [0, 0.05) is 20.2 Å². The Morgan fingerprint density at radius 3 is 2.68 bits per heavy atom. The van der Waals surface area contributed by atoms with Crippen molar-refractivity contribution in [2.45, 2.75) is 37.4 Å². The number of methoxy groups -OCH3 is 1. The van der Waals surface area contributed by atoms with Crippen LogP contribution < -0.4 is 5.32 Å². The largest absolute Gasteiger partial charge is 0.378 e. The molecule has 1 saturated carbocycles. The van der Waals surface area contributed by atoms with Crippen molar-refractivity contribution in [3.8, 4) is 0 Å². The standard InChI is InChI=1S/C16H23NO2/c1-18-16(8-9-16)7-6-13-2-4-14(5-3-13)15-12-17-10-11-19-15/h2-5,15,17H,6-12H2,1H3. The van der Waals surface area contributed by atoms with Crippen molar-refractivity contribution in [2.75, 3.05) is 26.8 Å². The normalized spacial score (nSPS) is 25.2. The summed E-state index contributed by atoms with van der Waals surface area (Å²) in [6, 6.07) is 8.89. The summed E-state index contributed by atoms with van der Waals surface area (Å²) in [6.45, 7) is 2.70. The Morgan fingerprint density at radius 2 is 2.11 bits per heavy atom. The highest BCUT2D eigenvalue weighted by atomic mass is 16.5. The summed E-state index contributed by atoms with van der Waals surface area (Å²) >= 11 is 0. The van der Waals surface area contributed by atoms with Crippen LogP contribution in [0.3, 0.4) is 0 Å². The van der Waals surface area contributed by atoms with E-state index in [-0.39, 0.29) is 11.7 Å². The molecule has 3 rings (SSSR count). The van der Waals surface area contributed by atoms with E-state index in [0.29, 0.717) is 0 Å². The van der Waals surface area contributed by atoms with Gasteiger partial charge in [0.25, 0.3) is 0 Å². The second-order valence-electron chi connectivity index (χ2n) is 5.69. The lowest BCUT2D eigenvalue weighted by molar-refractivity contribution is 0.0277. The van der Waals surface area contributed by atoms with Crippen LogP contribution in [-0.2, 0) is 15.9 Å². The summed E-state index contributed by atoms with van der Waals surface area (Å²) in [7, 11) is 1.84. The average molecular weight is 261 g/mol. The minimum absolute atomic E-state index is 0.203. The summed E-state index contributed by atoms with van der Waals surface area (Å²) in [6.07, 6.45) is 4.92. The molecule has 1 unspecified atom stereocenters. The summed E-state index contributed by atoms with van der Waals surface area (Å²) in [5.41, 5.74) is 2.88. The van der Waals surface area contributed by atoms with E-state index < -0.39 is 0 Å². The molecule has 2 fully saturated rings. The first-order valence-corrected chi connectivity index (χ1v) is 7.28. The highest BCUT2D eigenvalue weighted by Crippen LogP contribution is 2.42. The predicted molar refractivity (Wildman–Crippen MR) is 75.3 cm³/mol. The summed E-state index contributed by atoms with van der Waals surface area (Å²) in [5.74, 6) is 0. The fraction of sp³-hybridized carbons (Fsp3) is 0.625. The van der Waals surface area contributed by atoms with Gasteiger partial charge >= 0.3 is 0 Å².